The minimum Gasteiger partial charge on any atom is -0.489 e. The number of hydrogen-bond donors (Lipinski definition) is 1. The molecular formula is C12H14BrNO. The Balaban J connectivity index is 2.10. The molecule has 2 rings (SSSR count). The highest BCUT2D eigenvalue weighted by molar-refractivity contribution is 9.10. The number of nitrogens with two attached hydrogens (primary N) is 1. The normalized spacial score (nSPS) is 15.9. The van der Waals surface area contributed by atoms with Crippen LogP contribution in [0.4, 0.5) is 0 Å². The van der Waals surface area contributed by atoms with Crippen LogP contribution in [0.15, 0.2) is 28.7 Å². The molecule has 15 heavy (non-hydrogen) atoms. The first-order valence-corrected chi connectivity index (χ1v) is 5.91. The average Bonchev–Trinajstić information content (AvgIpc) is 3.02. The second kappa shape index (κ2) is 4.81. The molecule has 1 aromatic carbocycles. The van der Waals surface area contributed by atoms with E-state index >= 15 is 0 Å². The van der Waals surface area contributed by atoms with E-state index in [-0.39, 0.29) is 0 Å². The van der Waals surface area contributed by atoms with Gasteiger partial charge in [-0.1, -0.05) is 18.2 Å². The van der Waals surface area contributed by atoms with Gasteiger partial charge in [0.2, 0.25) is 0 Å². The molecule has 1 aliphatic carbocycles. The molecule has 80 valence electrons. The van der Waals surface area contributed by atoms with Crippen LogP contribution in [0.3, 0.4) is 0 Å². The van der Waals surface area contributed by atoms with Crippen LogP contribution in [0, 0.1) is 0 Å². The Morgan fingerprint density at radius 3 is 2.87 bits per heavy atom. The lowest BCUT2D eigenvalue weighted by molar-refractivity contribution is 0.301. The zero-order chi connectivity index (χ0) is 10.7. The molecule has 0 saturated heterocycles. The van der Waals surface area contributed by atoms with E-state index in [9.17, 15) is 0 Å². The van der Waals surface area contributed by atoms with E-state index in [4.69, 9.17) is 10.5 Å². The van der Waals surface area contributed by atoms with Gasteiger partial charge in [0.05, 0.1) is 10.6 Å². The zero-order valence-corrected chi connectivity index (χ0v) is 10.0. The Kier molecular flexibility index (Phi) is 3.44. The summed E-state index contributed by atoms with van der Waals surface area (Å²) in [5, 5.41) is 0. The van der Waals surface area contributed by atoms with Gasteiger partial charge in [0, 0.05) is 6.54 Å². The third-order valence-corrected chi connectivity index (χ3v) is 2.84. The quantitative estimate of drug-likeness (QED) is 0.911. The van der Waals surface area contributed by atoms with Crippen molar-refractivity contribution in [2.24, 2.45) is 5.73 Å². The van der Waals surface area contributed by atoms with Crippen LogP contribution < -0.4 is 10.5 Å². The fourth-order valence-electron chi connectivity index (χ4n) is 1.29. The number of halogens is 1. The molecule has 0 amide bonds. The molecule has 1 aliphatic rings. The molecule has 0 aromatic heterocycles. The van der Waals surface area contributed by atoms with Crippen molar-refractivity contribution >= 4 is 22.0 Å². The van der Waals surface area contributed by atoms with Gasteiger partial charge >= 0.3 is 0 Å². The Bertz CT molecular complexity index is 372. The molecule has 0 bridgehead atoms. The molecule has 1 saturated carbocycles. The highest BCUT2D eigenvalue weighted by Crippen LogP contribution is 2.32. The Labute approximate surface area is 98.2 Å². The SMILES string of the molecule is NC/C=C/c1ccc(OC2CC2)c(Br)c1. The van der Waals surface area contributed by atoms with Gasteiger partial charge in [0.1, 0.15) is 5.75 Å². The number of rotatable bonds is 4. The number of hydrogen-bond acceptors (Lipinski definition) is 2. The second-order valence-electron chi connectivity index (χ2n) is 3.65. The third kappa shape index (κ3) is 3.08. The fraction of sp³-hybridized carbons (Fsp3) is 0.333. The summed E-state index contributed by atoms with van der Waals surface area (Å²) in [5.74, 6) is 0.933. The summed E-state index contributed by atoms with van der Waals surface area (Å²) in [7, 11) is 0. The van der Waals surface area contributed by atoms with Crippen molar-refractivity contribution in [3.05, 3.63) is 34.3 Å². The van der Waals surface area contributed by atoms with Crippen LogP contribution in [0.2, 0.25) is 0 Å². The topological polar surface area (TPSA) is 35.2 Å². The summed E-state index contributed by atoms with van der Waals surface area (Å²) < 4.78 is 6.73. The van der Waals surface area contributed by atoms with Gasteiger partial charge in [-0.25, -0.2) is 0 Å². The van der Waals surface area contributed by atoms with E-state index in [2.05, 4.69) is 15.9 Å². The number of ether oxygens (including phenoxy) is 1. The summed E-state index contributed by atoms with van der Waals surface area (Å²) in [6.07, 6.45) is 6.74. The van der Waals surface area contributed by atoms with E-state index in [1.54, 1.807) is 0 Å². The maximum absolute atomic E-state index is 5.72. The largest absolute Gasteiger partial charge is 0.489 e. The molecule has 0 heterocycles. The van der Waals surface area contributed by atoms with E-state index < -0.39 is 0 Å². The first-order valence-electron chi connectivity index (χ1n) is 5.12. The molecule has 1 fully saturated rings. The minimum atomic E-state index is 0.437. The van der Waals surface area contributed by atoms with Gasteiger partial charge in [-0.2, -0.15) is 0 Å². The van der Waals surface area contributed by atoms with Gasteiger partial charge in [0.15, 0.2) is 0 Å². The highest BCUT2D eigenvalue weighted by atomic mass is 79.9. The first kappa shape index (κ1) is 10.7. The second-order valence-corrected chi connectivity index (χ2v) is 4.50. The van der Waals surface area contributed by atoms with Crippen molar-refractivity contribution in [2.45, 2.75) is 18.9 Å². The number of benzene rings is 1. The van der Waals surface area contributed by atoms with Crippen molar-refractivity contribution < 1.29 is 4.74 Å². The van der Waals surface area contributed by atoms with Gasteiger partial charge in [-0.15, -0.1) is 0 Å². The molecular weight excluding hydrogens is 254 g/mol. The lowest BCUT2D eigenvalue weighted by Crippen LogP contribution is -1.96. The molecule has 1 aromatic rings. The third-order valence-electron chi connectivity index (χ3n) is 2.22. The van der Waals surface area contributed by atoms with Crippen LogP contribution in [-0.2, 0) is 0 Å². The highest BCUT2D eigenvalue weighted by Gasteiger charge is 2.24. The van der Waals surface area contributed by atoms with E-state index in [0.29, 0.717) is 12.6 Å². The Hall–Kier alpha value is -0.800. The van der Waals surface area contributed by atoms with Crippen LogP contribution >= 0.6 is 15.9 Å². The maximum atomic E-state index is 5.72. The standard InChI is InChI=1S/C12H14BrNO/c13-11-8-9(2-1-7-14)3-6-12(11)15-10-4-5-10/h1-3,6,8,10H,4-5,7,14H2/b2-1+. The predicted octanol–water partition coefficient (Wildman–Crippen LogP) is 2.96. The van der Waals surface area contributed by atoms with Crippen LogP contribution in [-0.4, -0.2) is 12.6 Å². The summed E-state index contributed by atoms with van der Waals surface area (Å²) in [5.41, 5.74) is 6.53. The van der Waals surface area contributed by atoms with Crippen molar-refractivity contribution in [1.29, 1.82) is 0 Å². The molecule has 0 aliphatic heterocycles. The first-order chi connectivity index (χ1) is 7.29. The summed E-state index contributed by atoms with van der Waals surface area (Å²) in [4.78, 5) is 0. The van der Waals surface area contributed by atoms with Gasteiger partial charge in [0.25, 0.3) is 0 Å². The molecule has 3 heteroatoms. The van der Waals surface area contributed by atoms with Crippen LogP contribution in [0.25, 0.3) is 6.08 Å². The monoisotopic (exact) mass is 267 g/mol. The fourth-order valence-corrected chi connectivity index (χ4v) is 1.78. The average molecular weight is 268 g/mol. The van der Waals surface area contributed by atoms with Crippen LogP contribution in [0.1, 0.15) is 18.4 Å². The summed E-state index contributed by atoms with van der Waals surface area (Å²) in [6.45, 7) is 0.567. The van der Waals surface area contributed by atoms with Crippen molar-refractivity contribution in [2.75, 3.05) is 6.54 Å². The Morgan fingerprint density at radius 2 is 2.27 bits per heavy atom. The minimum absolute atomic E-state index is 0.437. The summed E-state index contributed by atoms with van der Waals surface area (Å²) >= 11 is 3.51. The van der Waals surface area contributed by atoms with E-state index in [0.717, 1.165) is 15.8 Å². The molecule has 2 nitrogen and oxygen atoms in total. The molecule has 0 radical (unpaired) electrons. The van der Waals surface area contributed by atoms with Crippen molar-refractivity contribution in [1.82, 2.24) is 0 Å². The lowest BCUT2D eigenvalue weighted by Gasteiger charge is -2.07. The molecule has 0 spiro atoms. The van der Waals surface area contributed by atoms with Crippen molar-refractivity contribution in [3.8, 4) is 5.75 Å². The van der Waals surface area contributed by atoms with Crippen LogP contribution in [0.5, 0.6) is 5.75 Å². The van der Waals surface area contributed by atoms with Crippen molar-refractivity contribution in [3.63, 3.8) is 0 Å². The maximum Gasteiger partial charge on any atom is 0.133 e. The van der Waals surface area contributed by atoms with E-state index in [1.807, 2.05) is 30.4 Å². The molecule has 0 atom stereocenters. The van der Waals surface area contributed by atoms with Gasteiger partial charge < -0.3 is 10.5 Å². The zero-order valence-electron chi connectivity index (χ0n) is 8.45. The molecule has 0 unspecified atom stereocenters. The lowest BCUT2D eigenvalue weighted by atomic mass is 10.2. The Morgan fingerprint density at radius 1 is 1.47 bits per heavy atom. The summed E-state index contributed by atoms with van der Waals surface area (Å²) in [6, 6.07) is 6.08. The smallest absolute Gasteiger partial charge is 0.133 e. The van der Waals surface area contributed by atoms with Gasteiger partial charge in [-0.05, 0) is 46.5 Å². The molecule has 2 N–H and O–H groups in total. The predicted molar refractivity (Wildman–Crippen MR) is 65.9 cm³/mol. The van der Waals surface area contributed by atoms with E-state index in [1.165, 1.54) is 12.8 Å². The van der Waals surface area contributed by atoms with Gasteiger partial charge in [-0.3, -0.25) is 0 Å².